The summed E-state index contributed by atoms with van der Waals surface area (Å²) in [6.07, 6.45) is 2.42. The number of anilines is 2. The SMILES string of the molecule is CC(=O)Nc1ccc(S(=O)(=O)N2CCCN(c3nc4cccnc4s3)CC2)cc1Cl. The number of aromatic nitrogens is 2. The molecule has 158 valence electrons. The van der Waals surface area contributed by atoms with E-state index in [1.165, 1.54) is 40.8 Å². The normalized spacial score (nSPS) is 15.9. The lowest BCUT2D eigenvalue weighted by Gasteiger charge is -2.21. The highest BCUT2D eigenvalue weighted by atomic mass is 35.5. The third-order valence-corrected chi connectivity index (χ3v) is 8.02. The minimum Gasteiger partial charge on any atom is -0.347 e. The smallest absolute Gasteiger partial charge is 0.243 e. The first-order valence-electron chi connectivity index (χ1n) is 9.38. The summed E-state index contributed by atoms with van der Waals surface area (Å²) >= 11 is 7.68. The number of nitrogens with zero attached hydrogens (tertiary/aromatic N) is 4. The molecule has 3 heterocycles. The number of carbonyl (C=O) groups excluding carboxylic acids is 1. The second-order valence-electron chi connectivity index (χ2n) is 6.89. The van der Waals surface area contributed by atoms with Crippen molar-refractivity contribution in [2.24, 2.45) is 0 Å². The van der Waals surface area contributed by atoms with E-state index in [9.17, 15) is 13.2 Å². The summed E-state index contributed by atoms with van der Waals surface area (Å²) in [5, 5.41) is 3.62. The predicted octanol–water partition coefficient (Wildman–Crippen LogP) is 3.20. The fourth-order valence-corrected chi connectivity index (χ4v) is 6.06. The van der Waals surface area contributed by atoms with Gasteiger partial charge in [0.05, 0.1) is 15.6 Å². The van der Waals surface area contributed by atoms with E-state index in [2.05, 4.69) is 20.2 Å². The maximum absolute atomic E-state index is 13.1. The van der Waals surface area contributed by atoms with Crippen molar-refractivity contribution in [3.05, 3.63) is 41.6 Å². The van der Waals surface area contributed by atoms with E-state index in [4.69, 9.17) is 11.6 Å². The molecule has 0 bridgehead atoms. The average molecular weight is 466 g/mol. The highest BCUT2D eigenvalue weighted by Crippen LogP contribution is 2.30. The number of carbonyl (C=O) groups is 1. The maximum atomic E-state index is 13.1. The van der Waals surface area contributed by atoms with E-state index < -0.39 is 10.0 Å². The molecule has 1 amide bonds. The van der Waals surface area contributed by atoms with E-state index in [0.29, 0.717) is 38.3 Å². The van der Waals surface area contributed by atoms with Gasteiger partial charge in [-0.1, -0.05) is 22.9 Å². The molecular formula is C19H20ClN5O3S2. The summed E-state index contributed by atoms with van der Waals surface area (Å²) in [5.41, 5.74) is 1.23. The zero-order valence-corrected chi connectivity index (χ0v) is 18.6. The topological polar surface area (TPSA) is 95.5 Å². The van der Waals surface area contributed by atoms with Crippen molar-refractivity contribution in [1.82, 2.24) is 14.3 Å². The van der Waals surface area contributed by atoms with E-state index in [1.807, 2.05) is 12.1 Å². The molecule has 1 fully saturated rings. The molecule has 8 nitrogen and oxygen atoms in total. The fraction of sp³-hybridized carbons (Fsp3) is 0.316. The van der Waals surface area contributed by atoms with Crippen LogP contribution in [0.3, 0.4) is 0 Å². The van der Waals surface area contributed by atoms with Crippen LogP contribution in [0.25, 0.3) is 10.3 Å². The standard InChI is InChI=1S/C19H20ClN5O3S2/c1-13(26)22-16-6-5-14(12-15(16)20)30(27,28)25-9-3-8-24(10-11-25)19-23-17-4-2-7-21-18(17)29-19/h2,4-7,12H,3,8-11H2,1H3,(H,22,26). The Bertz CT molecular complexity index is 1160. The monoisotopic (exact) mass is 465 g/mol. The van der Waals surface area contributed by atoms with E-state index >= 15 is 0 Å². The summed E-state index contributed by atoms with van der Waals surface area (Å²) < 4.78 is 27.8. The molecule has 0 atom stereocenters. The quantitative estimate of drug-likeness (QED) is 0.635. The number of hydrogen-bond donors (Lipinski definition) is 1. The van der Waals surface area contributed by atoms with Crippen molar-refractivity contribution in [2.45, 2.75) is 18.2 Å². The molecule has 0 radical (unpaired) electrons. The number of hydrogen-bond acceptors (Lipinski definition) is 7. The molecule has 0 aliphatic carbocycles. The molecule has 4 rings (SSSR count). The van der Waals surface area contributed by atoms with Crippen LogP contribution < -0.4 is 10.2 Å². The van der Waals surface area contributed by atoms with Crippen LogP contribution in [0.1, 0.15) is 13.3 Å². The summed E-state index contributed by atoms with van der Waals surface area (Å²) in [7, 11) is -3.70. The van der Waals surface area contributed by atoms with Gasteiger partial charge in [-0.25, -0.2) is 18.4 Å². The number of halogens is 1. The van der Waals surface area contributed by atoms with Crippen LogP contribution in [0.4, 0.5) is 10.8 Å². The number of nitrogens with one attached hydrogen (secondary N) is 1. The van der Waals surface area contributed by atoms with E-state index in [0.717, 1.165) is 15.5 Å². The first-order valence-corrected chi connectivity index (χ1v) is 12.0. The Kier molecular flexibility index (Phi) is 5.92. The lowest BCUT2D eigenvalue weighted by atomic mass is 10.3. The Morgan fingerprint density at radius 2 is 2.03 bits per heavy atom. The van der Waals surface area contributed by atoms with Crippen molar-refractivity contribution in [1.29, 1.82) is 0 Å². The van der Waals surface area contributed by atoms with Crippen molar-refractivity contribution in [3.63, 3.8) is 0 Å². The Morgan fingerprint density at radius 1 is 1.20 bits per heavy atom. The number of benzene rings is 1. The number of thiazole rings is 1. The first-order chi connectivity index (χ1) is 14.3. The summed E-state index contributed by atoms with van der Waals surface area (Å²) in [6.45, 7) is 3.38. The van der Waals surface area contributed by atoms with Gasteiger partial charge in [0.15, 0.2) is 5.13 Å². The average Bonchev–Trinajstić information content (AvgIpc) is 2.97. The molecule has 1 aliphatic heterocycles. The van der Waals surface area contributed by atoms with E-state index in [1.54, 1.807) is 6.20 Å². The molecule has 11 heteroatoms. The van der Waals surface area contributed by atoms with Gasteiger partial charge in [-0.05, 0) is 36.8 Å². The van der Waals surface area contributed by atoms with Gasteiger partial charge in [-0.3, -0.25) is 4.79 Å². The van der Waals surface area contributed by atoms with Crippen LogP contribution in [0.2, 0.25) is 5.02 Å². The van der Waals surface area contributed by atoms with Gasteiger partial charge in [-0.15, -0.1) is 0 Å². The lowest BCUT2D eigenvalue weighted by Crippen LogP contribution is -2.35. The first kappa shape index (κ1) is 21.0. The Morgan fingerprint density at radius 3 is 2.77 bits per heavy atom. The molecule has 30 heavy (non-hydrogen) atoms. The Hall–Kier alpha value is -2.27. The van der Waals surface area contributed by atoms with Gasteiger partial charge in [-0.2, -0.15) is 4.31 Å². The van der Waals surface area contributed by atoms with Crippen molar-refractivity contribution < 1.29 is 13.2 Å². The lowest BCUT2D eigenvalue weighted by molar-refractivity contribution is -0.114. The summed E-state index contributed by atoms with van der Waals surface area (Å²) in [4.78, 5) is 23.3. The molecule has 3 aromatic rings. The third kappa shape index (κ3) is 4.27. The van der Waals surface area contributed by atoms with Crippen LogP contribution in [-0.4, -0.2) is 54.8 Å². The third-order valence-electron chi connectivity index (χ3n) is 4.77. The number of rotatable bonds is 4. The molecule has 2 aromatic heterocycles. The molecule has 0 spiro atoms. The van der Waals surface area contributed by atoms with Gasteiger partial charge in [0.1, 0.15) is 10.3 Å². The minimum absolute atomic E-state index is 0.110. The number of fused-ring (bicyclic) bond motifs is 1. The van der Waals surface area contributed by atoms with Crippen molar-refractivity contribution >= 4 is 60.0 Å². The van der Waals surface area contributed by atoms with Gasteiger partial charge >= 0.3 is 0 Å². The van der Waals surface area contributed by atoms with Gasteiger partial charge in [0.25, 0.3) is 0 Å². The van der Waals surface area contributed by atoms with E-state index in [-0.39, 0.29) is 15.8 Å². The molecule has 1 aromatic carbocycles. The zero-order valence-electron chi connectivity index (χ0n) is 16.2. The number of amides is 1. The molecule has 1 N–H and O–H groups in total. The van der Waals surface area contributed by atoms with Crippen LogP contribution in [-0.2, 0) is 14.8 Å². The molecule has 0 unspecified atom stereocenters. The molecular weight excluding hydrogens is 446 g/mol. The van der Waals surface area contributed by atoms with Crippen LogP contribution in [0.5, 0.6) is 0 Å². The van der Waals surface area contributed by atoms with Gasteiger partial charge in [0.2, 0.25) is 15.9 Å². The molecule has 1 saturated heterocycles. The summed E-state index contributed by atoms with van der Waals surface area (Å²) in [6, 6.07) is 8.13. The Labute approximate surface area is 183 Å². The van der Waals surface area contributed by atoms with Gasteiger partial charge < -0.3 is 10.2 Å². The van der Waals surface area contributed by atoms with Crippen LogP contribution in [0, 0.1) is 0 Å². The van der Waals surface area contributed by atoms with Crippen LogP contribution >= 0.6 is 22.9 Å². The largest absolute Gasteiger partial charge is 0.347 e. The Balaban J connectivity index is 1.51. The molecule has 1 aliphatic rings. The molecule has 0 saturated carbocycles. The predicted molar refractivity (Wildman–Crippen MR) is 119 cm³/mol. The van der Waals surface area contributed by atoms with Crippen LogP contribution in [0.15, 0.2) is 41.4 Å². The number of sulfonamides is 1. The van der Waals surface area contributed by atoms with Gasteiger partial charge in [0, 0.05) is 39.3 Å². The minimum atomic E-state index is -3.70. The highest BCUT2D eigenvalue weighted by molar-refractivity contribution is 7.89. The summed E-state index contributed by atoms with van der Waals surface area (Å²) in [5.74, 6) is -0.273. The maximum Gasteiger partial charge on any atom is 0.243 e. The zero-order chi connectivity index (χ0) is 21.3. The second kappa shape index (κ2) is 8.46. The number of pyridine rings is 1. The second-order valence-corrected chi connectivity index (χ2v) is 10.2. The van der Waals surface area contributed by atoms with Crippen molar-refractivity contribution in [2.75, 3.05) is 36.4 Å². The van der Waals surface area contributed by atoms with Crippen molar-refractivity contribution in [3.8, 4) is 0 Å². The fourth-order valence-electron chi connectivity index (χ4n) is 3.32. The highest BCUT2D eigenvalue weighted by Gasteiger charge is 2.28.